The van der Waals surface area contributed by atoms with Gasteiger partial charge in [-0.2, -0.15) is 5.10 Å². The van der Waals surface area contributed by atoms with Crippen LogP contribution in [0.1, 0.15) is 11.1 Å². The van der Waals surface area contributed by atoms with E-state index in [-0.39, 0.29) is 5.56 Å². The Balaban J connectivity index is 1.53. The highest BCUT2D eigenvalue weighted by Gasteiger charge is 2.08. The van der Waals surface area contributed by atoms with Crippen molar-refractivity contribution in [3.8, 4) is 22.6 Å². The van der Waals surface area contributed by atoms with Gasteiger partial charge in [0.25, 0.3) is 0 Å². The fourth-order valence-electron chi connectivity index (χ4n) is 2.96. The molecule has 1 heterocycles. The van der Waals surface area contributed by atoms with Gasteiger partial charge >= 0.3 is 0 Å². The molecule has 0 unspecified atom stereocenters. The molecule has 0 aliphatic carbocycles. The standard InChI is InChI=1S/C23H17F2N3O/c1-15-5-6-17(23-26-11-12-29-23)13-19(15)16-7-9-18(10-8-16)28-27-14-20-21(24)3-2-4-22(20)25/h2-14,28H,1H3. The summed E-state index contributed by atoms with van der Waals surface area (Å²) < 4.78 is 32.6. The van der Waals surface area contributed by atoms with E-state index in [1.54, 1.807) is 12.5 Å². The number of nitrogens with zero attached hydrogens (tertiary/aromatic N) is 2. The van der Waals surface area contributed by atoms with Gasteiger partial charge in [-0.1, -0.05) is 24.3 Å². The van der Waals surface area contributed by atoms with Gasteiger partial charge in [0, 0.05) is 5.56 Å². The molecule has 4 rings (SSSR count). The molecule has 0 bridgehead atoms. The second-order valence-corrected chi connectivity index (χ2v) is 6.45. The minimum absolute atomic E-state index is 0.185. The third kappa shape index (κ3) is 4.06. The molecule has 0 fully saturated rings. The smallest absolute Gasteiger partial charge is 0.225 e. The van der Waals surface area contributed by atoms with E-state index in [0.717, 1.165) is 28.5 Å². The van der Waals surface area contributed by atoms with Crippen LogP contribution in [-0.4, -0.2) is 11.2 Å². The van der Waals surface area contributed by atoms with Gasteiger partial charge in [0.1, 0.15) is 17.9 Å². The molecule has 4 nitrogen and oxygen atoms in total. The van der Waals surface area contributed by atoms with Crippen LogP contribution in [0, 0.1) is 18.6 Å². The van der Waals surface area contributed by atoms with E-state index in [1.165, 1.54) is 18.2 Å². The summed E-state index contributed by atoms with van der Waals surface area (Å²) >= 11 is 0. The van der Waals surface area contributed by atoms with Gasteiger partial charge in [-0.25, -0.2) is 13.8 Å². The number of benzene rings is 3. The molecule has 1 aromatic heterocycles. The van der Waals surface area contributed by atoms with Crippen LogP contribution in [-0.2, 0) is 0 Å². The SMILES string of the molecule is Cc1ccc(-c2ncco2)cc1-c1ccc(NN=Cc2c(F)cccc2F)cc1. The fourth-order valence-corrected chi connectivity index (χ4v) is 2.96. The van der Waals surface area contributed by atoms with Crippen molar-refractivity contribution >= 4 is 11.9 Å². The molecule has 0 aliphatic heterocycles. The lowest BCUT2D eigenvalue weighted by Crippen LogP contribution is -1.96. The van der Waals surface area contributed by atoms with Crippen LogP contribution in [0.5, 0.6) is 0 Å². The summed E-state index contributed by atoms with van der Waals surface area (Å²) in [6.07, 6.45) is 4.29. The van der Waals surface area contributed by atoms with Gasteiger partial charge in [-0.15, -0.1) is 0 Å². The maximum absolute atomic E-state index is 13.6. The molecule has 3 aromatic carbocycles. The van der Waals surface area contributed by atoms with E-state index in [2.05, 4.69) is 15.5 Å². The van der Waals surface area contributed by atoms with Crippen LogP contribution in [0.3, 0.4) is 0 Å². The maximum Gasteiger partial charge on any atom is 0.225 e. The van der Waals surface area contributed by atoms with Crippen molar-refractivity contribution in [1.29, 1.82) is 0 Å². The van der Waals surface area contributed by atoms with Gasteiger partial charge in [-0.3, -0.25) is 5.43 Å². The van der Waals surface area contributed by atoms with Crippen molar-refractivity contribution in [2.75, 3.05) is 5.43 Å². The Bertz CT molecular complexity index is 1130. The van der Waals surface area contributed by atoms with Crippen molar-refractivity contribution in [1.82, 2.24) is 4.98 Å². The third-order valence-corrected chi connectivity index (χ3v) is 4.50. The second kappa shape index (κ2) is 8.06. The number of oxazole rings is 1. The first-order chi connectivity index (χ1) is 14.1. The van der Waals surface area contributed by atoms with Crippen LogP contribution in [0.15, 0.2) is 82.6 Å². The zero-order chi connectivity index (χ0) is 20.2. The van der Waals surface area contributed by atoms with Crippen molar-refractivity contribution in [3.63, 3.8) is 0 Å². The molecule has 0 saturated carbocycles. The number of nitrogens with one attached hydrogen (secondary N) is 1. The van der Waals surface area contributed by atoms with Crippen LogP contribution >= 0.6 is 0 Å². The molecule has 0 spiro atoms. The number of halogens is 2. The predicted octanol–water partition coefficient (Wildman–Crippen LogP) is 6.04. The van der Waals surface area contributed by atoms with Crippen molar-refractivity contribution in [3.05, 3.63) is 95.9 Å². The van der Waals surface area contributed by atoms with Crippen molar-refractivity contribution in [2.24, 2.45) is 5.10 Å². The normalized spacial score (nSPS) is 11.1. The average molecular weight is 389 g/mol. The summed E-state index contributed by atoms with van der Waals surface area (Å²) in [5.74, 6) is -0.751. The quantitative estimate of drug-likeness (QED) is 0.334. The Morgan fingerprint density at radius 3 is 2.38 bits per heavy atom. The Hall–Kier alpha value is -3.80. The average Bonchev–Trinajstić information content (AvgIpc) is 3.26. The highest BCUT2D eigenvalue weighted by molar-refractivity contribution is 5.81. The molecule has 4 aromatic rings. The van der Waals surface area contributed by atoms with Gasteiger partial charge in [0.2, 0.25) is 5.89 Å². The molecule has 6 heteroatoms. The Morgan fingerprint density at radius 2 is 1.69 bits per heavy atom. The predicted molar refractivity (Wildman–Crippen MR) is 110 cm³/mol. The largest absolute Gasteiger partial charge is 0.445 e. The lowest BCUT2D eigenvalue weighted by Gasteiger charge is -2.09. The third-order valence-electron chi connectivity index (χ3n) is 4.50. The minimum Gasteiger partial charge on any atom is -0.445 e. The number of hydrazone groups is 1. The summed E-state index contributed by atoms with van der Waals surface area (Å²) in [4.78, 5) is 4.19. The van der Waals surface area contributed by atoms with Gasteiger partial charge in [0.15, 0.2) is 0 Å². The van der Waals surface area contributed by atoms with Crippen LogP contribution in [0.25, 0.3) is 22.6 Å². The van der Waals surface area contributed by atoms with E-state index in [0.29, 0.717) is 11.6 Å². The summed E-state index contributed by atoms with van der Waals surface area (Å²) in [5, 5.41) is 3.93. The van der Waals surface area contributed by atoms with E-state index in [9.17, 15) is 8.78 Å². The monoisotopic (exact) mass is 389 g/mol. The summed E-state index contributed by atoms with van der Waals surface area (Å²) in [6.45, 7) is 2.04. The topological polar surface area (TPSA) is 50.4 Å². The molecule has 144 valence electrons. The highest BCUT2D eigenvalue weighted by atomic mass is 19.1. The van der Waals surface area contributed by atoms with E-state index in [1.807, 2.05) is 49.4 Å². The van der Waals surface area contributed by atoms with Crippen molar-refractivity contribution in [2.45, 2.75) is 6.92 Å². The summed E-state index contributed by atoms with van der Waals surface area (Å²) in [7, 11) is 0. The van der Waals surface area contributed by atoms with E-state index < -0.39 is 11.6 Å². The zero-order valence-electron chi connectivity index (χ0n) is 15.6. The second-order valence-electron chi connectivity index (χ2n) is 6.45. The molecular formula is C23H17F2N3O. The molecular weight excluding hydrogens is 372 g/mol. The molecule has 0 radical (unpaired) electrons. The Kier molecular flexibility index (Phi) is 5.16. The molecule has 0 amide bonds. The van der Waals surface area contributed by atoms with Crippen LogP contribution in [0.2, 0.25) is 0 Å². The first-order valence-corrected chi connectivity index (χ1v) is 8.96. The molecule has 0 atom stereocenters. The first kappa shape index (κ1) is 18.6. The molecule has 0 saturated heterocycles. The number of hydrogen-bond acceptors (Lipinski definition) is 4. The molecule has 1 N–H and O–H groups in total. The fraction of sp³-hybridized carbons (Fsp3) is 0.0435. The number of hydrogen-bond donors (Lipinski definition) is 1. The number of anilines is 1. The van der Waals surface area contributed by atoms with Gasteiger partial charge < -0.3 is 4.42 Å². The minimum atomic E-state index is -0.660. The molecule has 29 heavy (non-hydrogen) atoms. The summed E-state index contributed by atoms with van der Waals surface area (Å²) in [6, 6.07) is 17.3. The Labute approximate surface area is 166 Å². The number of aromatic nitrogens is 1. The number of aryl methyl sites for hydroxylation is 1. The zero-order valence-corrected chi connectivity index (χ0v) is 15.6. The van der Waals surface area contributed by atoms with Crippen LogP contribution in [0.4, 0.5) is 14.5 Å². The number of rotatable bonds is 5. The lowest BCUT2D eigenvalue weighted by molar-refractivity contribution is 0.574. The first-order valence-electron chi connectivity index (χ1n) is 8.96. The summed E-state index contributed by atoms with van der Waals surface area (Å²) in [5.41, 5.74) is 7.39. The Morgan fingerprint density at radius 1 is 0.966 bits per heavy atom. The molecule has 0 aliphatic rings. The van der Waals surface area contributed by atoms with Gasteiger partial charge in [0.05, 0.1) is 23.7 Å². The highest BCUT2D eigenvalue weighted by Crippen LogP contribution is 2.29. The van der Waals surface area contributed by atoms with E-state index in [4.69, 9.17) is 4.42 Å². The van der Waals surface area contributed by atoms with Crippen molar-refractivity contribution < 1.29 is 13.2 Å². The lowest BCUT2D eigenvalue weighted by atomic mass is 9.98. The van der Waals surface area contributed by atoms with E-state index >= 15 is 0 Å². The van der Waals surface area contributed by atoms with Gasteiger partial charge in [-0.05, 0) is 60.0 Å². The van der Waals surface area contributed by atoms with Crippen LogP contribution < -0.4 is 5.43 Å². The maximum atomic E-state index is 13.6.